The van der Waals surface area contributed by atoms with Crippen LogP contribution in [-0.4, -0.2) is 71.9 Å². The van der Waals surface area contributed by atoms with Gasteiger partial charge in [0.05, 0.1) is 38.2 Å². The van der Waals surface area contributed by atoms with Crippen LogP contribution in [-0.2, 0) is 20.8 Å². The first kappa shape index (κ1) is 24.4. The van der Waals surface area contributed by atoms with Gasteiger partial charge in [0, 0.05) is 39.1 Å². The average Bonchev–Trinajstić information content (AvgIpc) is 3.41. The summed E-state index contributed by atoms with van der Waals surface area (Å²) >= 11 is 0. The molecule has 0 bridgehead atoms. The van der Waals surface area contributed by atoms with E-state index in [9.17, 15) is 0 Å². The highest BCUT2D eigenvalue weighted by molar-refractivity contribution is 5.61. The molecule has 0 aliphatic carbocycles. The van der Waals surface area contributed by atoms with Gasteiger partial charge in [-0.15, -0.1) is 0 Å². The van der Waals surface area contributed by atoms with Crippen LogP contribution < -0.4 is 19.7 Å². The van der Waals surface area contributed by atoms with E-state index in [1.54, 1.807) is 7.11 Å². The third-order valence-electron chi connectivity index (χ3n) is 7.15. The molecule has 0 radical (unpaired) electrons. The third-order valence-corrected chi connectivity index (χ3v) is 7.15. The van der Waals surface area contributed by atoms with E-state index in [2.05, 4.69) is 52.7 Å². The average molecular weight is 483 g/mol. The molecule has 1 N–H and O–H groups in total. The maximum Gasteiger partial charge on any atom is 0.142 e. The Bertz CT molecular complexity index is 931. The van der Waals surface area contributed by atoms with E-state index < -0.39 is 0 Å². The van der Waals surface area contributed by atoms with Crippen LogP contribution in [0.4, 0.5) is 5.69 Å². The van der Waals surface area contributed by atoms with Crippen LogP contribution in [0.3, 0.4) is 0 Å². The Morgan fingerprint density at radius 2 is 2.00 bits per heavy atom. The fraction of sp³-hybridized carbons (Fsp3) is 0.571. The summed E-state index contributed by atoms with van der Waals surface area (Å²) in [6.07, 6.45) is 3.33. The second-order valence-corrected chi connectivity index (χ2v) is 9.61. The molecule has 7 nitrogen and oxygen atoms in total. The van der Waals surface area contributed by atoms with Crippen molar-refractivity contribution in [2.24, 2.45) is 0 Å². The number of fused-ring (bicyclic) bond motifs is 1. The van der Waals surface area contributed by atoms with Gasteiger partial charge in [-0.1, -0.05) is 18.2 Å². The van der Waals surface area contributed by atoms with E-state index in [1.165, 1.54) is 11.1 Å². The number of piperidine rings is 1. The summed E-state index contributed by atoms with van der Waals surface area (Å²) in [6, 6.07) is 15.0. The van der Waals surface area contributed by atoms with Crippen LogP contribution in [0.5, 0.6) is 11.5 Å². The van der Waals surface area contributed by atoms with E-state index in [0.29, 0.717) is 19.1 Å². The first-order valence-electron chi connectivity index (χ1n) is 13.0. The van der Waals surface area contributed by atoms with Crippen molar-refractivity contribution in [2.45, 2.75) is 44.0 Å². The lowest BCUT2D eigenvalue weighted by Crippen LogP contribution is -2.41. The largest absolute Gasteiger partial charge is 0.490 e. The molecule has 2 fully saturated rings. The molecule has 0 aromatic heterocycles. The van der Waals surface area contributed by atoms with Crippen LogP contribution >= 0.6 is 0 Å². The highest BCUT2D eigenvalue weighted by Gasteiger charge is 2.28. The first-order valence-corrected chi connectivity index (χ1v) is 13.0. The molecule has 2 aromatic rings. The predicted octanol–water partition coefficient (Wildman–Crippen LogP) is 3.75. The zero-order valence-electron chi connectivity index (χ0n) is 20.7. The number of nitrogens with zero attached hydrogens (tertiary/aromatic N) is 1. The summed E-state index contributed by atoms with van der Waals surface area (Å²) in [4.78, 5) is 2.40. The van der Waals surface area contributed by atoms with Crippen molar-refractivity contribution in [3.8, 4) is 11.5 Å². The number of benzene rings is 2. The molecule has 0 saturated carbocycles. The first-order chi connectivity index (χ1) is 17.3. The van der Waals surface area contributed by atoms with Crippen LogP contribution in [0.25, 0.3) is 0 Å². The molecule has 0 spiro atoms. The minimum atomic E-state index is 0.129. The lowest BCUT2D eigenvalue weighted by molar-refractivity contribution is 0.0106. The summed E-state index contributed by atoms with van der Waals surface area (Å²) in [5, 5.41) is 3.51. The second-order valence-electron chi connectivity index (χ2n) is 9.61. The zero-order valence-corrected chi connectivity index (χ0v) is 20.7. The van der Waals surface area contributed by atoms with Crippen molar-refractivity contribution in [1.29, 1.82) is 0 Å². The molecule has 5 rings (SSSR count). The van der Waals surface area contributed by atoms with Gasteiger partial charge >= 0.3 is 0 Å². The molecule has 7 heteroatoms. The Morgan fingerprint density at radius 1 is 1.09 bits per heavy atom. The Labute approximate surface area is 208 Å². The van der Waals surface area contributed by atoms with Crippen molar-refractivity contribution < 1.29 is 23.7 Å². The number of anilines is 1. The Kier molecular flexibility index (Phi) is 8.42. The number of ether oxygens (including phenoxy) is 5. The molecule has 35 heavy (non-hydrogen) atoms. The van der Waals surface area contributed by atoms with Gasteiger partial charge in [-0.25, -0.2) is 0 Å². The Balaban J connectivity index is 1.21. The summed E-state index contributed by atoms with van der Waals surface area (Å²) in [6.45, 7) is 7.31. The smallest absolute Gasteiger partial charge is 0.142 e. The molecule has 3 heterocycles. The SMILES string of the molecule is COCCCN1CCOc2ccc(CO[C@H]3CNCC[C@@H]3c3ccc(OC4CCOC4)cc3)cc21. The Morgan fingerprint density at radius 3 is 2.83 bits per heavy atom. The number of hydrogen-bond donors (Lipinski definition) is 1. The van der Waals surface area contributed by atoms with Gasteiger partial charge in [0.1, 0.15) is 24.2 Å². The molecule has 3 aliphatic rings. The maximum atomic E-state index is 6.51. The van der Waals surface area contributed by atoms with Gasteiger partial charge in [0.2, 0.25) is 0 Å². The van der Waals surface area contributed by atoms with Crippen molar-refractivity contribution in [3.05, 3.63) is 53.6 Å². The fourth-order valence-corrected chi connectivity index (χ4v) is 5.22. The van der Waals surface area contributed by atoms with Crippen LogP contribution in [0, 0.1) is 0 Å². The zero-order chi connectivity index (χ0) is 23.9. The summed E-state index contributed by atoms with van der Waals surface area (Å²) in [5.41, 5.74) is 3.66. The number of rotatable bonds is 10. The molecule has 3 atom stereocenters. The number of methoxy groups -OCH3 is 1. The van der Waals surface area contributed by atoms with Gasteiger partial charge in [0.25, 0.3) is 0 Å². The van der Waals surface area contributed by atoms with Crippen molar-refractivity contribution in [1.82, 2.24) is 5.32 Å². The third kappa shape index (κ3) is 6.28. The second kappa shape index (κ2) is 12.1. The van der Waals surface area contributed by atoms with Crippen LogP contribution in [0.2, 0.25) is 0 Å². The van der Waals surface area contributed by atoms with E-state index in [-0.39, 0.29) is 12.2 Å². The normalized spacial score (nSPS) is 24.1. The van der Waals surface area contributed by atoms with E-state index in [1.807, 2.05) is 0 Å². The van der Waals surface area contributed by atoms with Gasteiger partial charge in [-0.3, -0.25) is 0 Å². The molecule has 190 valence electrons. The number of hydrogen-bond acceptors (Lipinski definition) is 7. The van der Waals surface area contributed by atoms with E-state index in [0.717, 1.165) is 82.4 Å². The van der Waals surface area contributed by atoms with Gasteiger partial charge in [-0.05, 0) is 54.8 Å². The van der Waals surface area contributed by atoms with Gasteiger partial charge < -0.3 is 33.9 Å². The summed E-state index contributed by atoms with van der Waals surface area (Å²) in [5.74, 6) is 2.25. The number of nitrogens with one attached hydrogen (secondary N) is 1. The summed E-state index contributed by atoms with van der Waals surface area (Å²) < 4.78 is 29.1. The molecule has 0 amide bonds. The quantitative estimate of drug-likeness (QED) is 0.518. The highest BCUT2D eigenvalue weighted by Crippen LogP contribution is 2.34. The fourth-order valence-electron chi connectivity index (χ4n) is 5.22. The highest BCUT2D eigenvalue weighted by atomic mass is 16.5. The molecule has 1 unspecified atom stereocenters. The minimum absolute atomic E-state index is 0.129. The lowest BCUT2D eigenvalue weighted by atomic mass is 9.87. The standard InChI is InChI=1S/C28H38N2O5/c1-31-14-2-12-30-13-16-33-27-8-3-21(17-26(27)30)19-34-28-18-29-11-9-25(28)22-4-6-23(7-5-22)35-24-10-15-32-20-24/h3-8,17,24-25,28-29H,2,9-16,18-20H2,1H3/t24?,25-,28+/m1/s1. The van der Waals surface area contributed by atoms with E-state index >= 15 is 0 Å². The van der Waals surface area contributed by atoms with E-state index in [4.69, 9.17) is 23.7 Å². The monoisotopic (exact) mass is 482 g/mol. The summed E-state index contributed by atoms with van der Waals surface area (Å²) in [7, 11) is 1.75. The van der Waals surface area contributed by atoms with Gasteiger partial charge in [0.15, 0.2) is 0 Å². The van der Waals surface area contributed by atoms with Crippen molar-refractivity contribution >= 4 is 5.69 Å². The molecular weight excluding hydrogens is 444 g/mol. The van der Waals surface area contributed by atoms with Gasteiger partial charge in [-0.2, -0.15) is 0 Å². The molecule has 2 aromatic carbocycles. The predicted molar refractivity (Wildman–Crippen MR) is 136 cm³/mol. The van der Waals surface area contributed by atoms with Crippen molar-refractivity contribution in [3.63, 3.8) is 0 Å². The lowest BCUT2D eigenvalue weighted by Gasteiger charge is -2.33. The molecule has 3 aliphatic heterocycles. The Hall–Kier alpha value is -2.32. The van der Waals surface area contributed by atoms with Crippen LogP contribution in [0.15, 0.2) is 42.5 Å². The van der Waals surface area contributed by atoms with Crippen LogP contribution in [0.1, 0.15) is 36.3 Å². The molecular formula is C28H38N2O5. The maximum absolute atomic E-state index is 6.51. The minimum Gasteiger partial charge on any atom is -0.490 e. The van der Waals surface area contributed by atoms with Crippen molar-refractivity contribution in [2.75, 3.05) is 64.6 Å². The topological polar surface area (TPSA) is 61.4 Å². The molecule has 2 saturated heterocycles.